The summed E-state index contributed by atoms with van der Waals surface area (Å²) in [6.45, 7) is 6.41. The van der Waals surface area contributed by atoms with E-state index >= 15 is 0 Å². The number of carbonyl (C=O) groups is 1. The molecule has 3 aliphatic rings. The second-order valence-corrected chi connectivity index (χ2v) is 9.61. The van der Waals surface area contributed by atoms with Crippen molar-refractivity contribution in [1.82, 2.24) is 30.3 Å². The minimum absolute atomic E-state index is 0. The fourth-order valence-electron chi connectivity index (χ4n) is 5.36. The first-order chi connectivity index (χ1) is 15.7. The summed E-state index contributed by atoms with van der Waals surface area (Å²) in [7, 11) is 0. The van der Waals surface area contributed by atoms with Gasteiger partial charge in [0.2, 0.25) is 5.91 Å². The van der Waals surface area contributed by atoms with Crippen molar-refractivity contribution < 1.29 is 4.79 Å². The van der Waals surface area contributed by atoms with E-state index in [1.807, 2.05) is 0 Å². The van der Waals surface area contributed by atoms with Crippen LogP contribution in [0.1, 0.15) is 82.8 Å². The van der Waals surface area contributed by atoms with Crippen LogP contribution in [0, 0.1) is 5.92 Å². The Bertz CT molecular complexity index is 775. The van der Waals surface area contributed by atoms with E-state index in [0.717, 1.165) is 88.9 Å². The molecular weight excluding hydrogens is 529 g/mol. The average molecular weight is 572 g/mol. The van der Waals surface area contributed by atoms with E-state index in [2.05, 4.69) is 37.2 Å². The number of aromatic nitrogens is 3. The smallest absolute Gasteiger partial charge is 0.225 e. The van der Waals surface area contributed by atoms with E-state index in [0.29, 0.717) is 5.91 Å². The summed E-state index contributed by atoms with van der Waals surface area (Å²) >= 11 is 0. The summed E-state index contributed by atoms with van der Waals surface area (Å²) in [6.07, 6.45) is 13.5. The van der Waals surface area contributed by atoms with Gasteiger partial charge in [0.1, 0.15) is 11.6 Å². The van der Waals surface area contributed by atoms with Crippen LogP contribution < -0.4 is 10.6 Å². The lowest BCUT2D eigenvalue weighted by Gasteiger charge is -2.26. The highest BCUT2D eigenvalue weighted by atomic mass is 127. The molecule has 2 fully saturated rings. The summed E-state index contributed by atoms with van der Waals surface area (Å²) in [4.78, 5) is 19.7. The quantitative estimate of drug-likeness (QED) is 0.227. The molecule has 1 aliphatic carbocycles. The third kappa shape index (κ3) is 7.29. The number of aliphatic imine (C=N–C) groups is 1. The Morgan fingerprint density at radius 2 is 1.88 bits per heavy atom. The van der Waals surface area contributed by atoms with E-state index in [1.54, 1.807) is 0 Å². The fraction of sp³-hybridized carbons (Fsp3) is 0.833. The number of carbonyl (C=O) groups excluding carboxylic acids is 1. The van der Waals surface area contributed by atoms with E-state index < -0.39 is 0 Å². The van der Waals surface area contributed by atoms with Crippen molar-refractivity contribution in [3.63, 3.8) is 0 Å². The molecule has 8 nitrogen and oxygen atoms in total. The highest BCUT2D eigenvalue weighted by Crippen LogP contribution is 2.26. The molecule has 2 aliphatic heterocycles. The number of hydrogen-bond acceptors (Lipinski definition) is 4. The molecule has 2 N–H and O–H groups in total. The molecule has 3 heterocycles. The Balaban J connectivity index is 0.00000306. The maximum absolute atomic E-state index is 12.8. The van der Waals surface area contributed by atoms with Gasteiger partial charge in [-0.05, 0) is 45.4 Å². The monoisotopic (exact) mass is 571 g/mol. The van der Waals surface area contributed by atoms with Crippen molar-refractivity contribution >= 4 is 35.8 Å². The second kappa shape index (κ2) is 13.5. The molecule has 1 atom stereocenters. The van der Waals surface area contributed by atoms with Gasteiger partial charge in [-0.25, -0.2) is 0 Å². The molecule has 0 radical (unpaired) electrons. The number of guanidine groups is 1. The van der Waals surface area contributed by atoms with Crippen LogP contribution in [0.2, 0.25) is 0 Å². The fourth-order valence-corrected chi connectivity index (χ4v) is 5.36. The zero-order valence-corrected chi connectivity index (χ0v) is 22.6. The van der Waals surface area contributed by atoms with Crippen LogP contribution in [0.15, 0.2) is 4.99 Å². The van der Waals surface area contributed by atoms with Crippen molar-refractivity contribution in [2.45, 2.75) is 96.6 Å². The number of likely N-dealkylation sites (tertiary alicyclic amines) is 1. The van der Waals surface area contributed by atoms with Gasteiger partial charge < -0.3 is 20.1 Å². The lowest BCUT2D eigenvalue weighted by molar-refractivity contribution is -0.135. The van der Waals surface area contributed by atoms with E-state index in [9.17, 15) is 4.79 Å². The summed E-state index contributed by atoms with van der Waals surface area (Å²) in [6, 6.07) is 0.285. The van der Waals surface area contributed by atoms with Crippen LogP contribution in [0.4, 0.5) is 0 Å². The van der Waals surface area contributed by atoms with Crippen molar-refractivity contribution in [2.24, 2.45) is 10.9 Å². The summed E-state index contributed by atoms with van der Waals surface area (Å²) in [5.41, 5.74) is 0. The Kier molecular flexibility index (Phi) is 10.7. The predicted molar refractivity (Wildman–Crippen MR) is 142 cm³/mol. The third-order valence-electron chi connectivity index (χ3n) is 7.15. The van der Waals surface area contributed by atoms with Gasteiger partial charge in [-0.15, -0.1) is 34.2 Å². The van der Waals surface area contributed by atoms with E-state index in [-0.39, 0.29) is 35.9 Å². The molecule has 4 rings (SSSR count). The van der Waals surface area contributed by atoms with Gasteiger partial charge in [-0.1, -0.05) is 25.7 Å². The predicted octanol–water partition coefficient (Wildman–Crippen LogP) is 3.29. The summed E-state index contributed by atoms with van der Waals surface area (Å²) < 4.78 is 2.33. The van der Waals surface area contributed by atoms with Crippen molar-refractivity contribution in [1.29, 1.82) is 0 Å². The first-order valence-corrected chi connectivity index (χ1v) is 13.0. The minimum Gasteiger partial charge on any atom is -0.357 e. The molecule has 1 saturated heterocycles. The summed E-state index contributed by atoms with van der Waals surface area (Å²) in [5, 5.41) is 15.8. The lowest BCUT2D eigenvalue weighted by Crippen LogP contribution is -2.45. The molecule has 0 bridgehead atoms. The Morgan fingerprint density at radius 1 is 1.06 bits per heavy atom. The van der Waals surface area contributed by atoms with Crippen molar-refractivity contribution in [3.05, 3.63) is 11.6 Å². The molecule has 1 amide bonds. The molecule has 1 saturated carbocycles. The molecular formula is C24H42IN7O. The number of nitrogens with zero attached hydrogens (tertiary/aromatic N) is 5. The summed E-state index contributed by atoms with van der Waals surface area (Å²) in [5.74, 6) is 3.77. The van der Waals surface area contributed by atoms with Crippen LogP contribution in [-0.2, 0) is 24.2 Å². The molecule has 9 heteroatoms. The van der Waals surface area contributed by atoms with Crippen LogP contribution in [-0.4, -0.2) is 63.8 Å². The minimum atomic E-state index is 0. The Hall–Kier alpha value is -1.39. The van der Waals surface area contributed by atoms with Crippen LogP contribution in [0.3, 0.4) is 0 Å². The average Bonchev–Trinajstić information content (AvgIpc) is 3.37. The van der Waals surface area contributed by atoms with Crippen LogP contribution >= 0.6 is 24.0 Å². The normalized spacial score (nSPS) is 21.8. The molecule has 186 valence electrons. The number of hydrogen-bond donors (Lipinski definition) is 2. The second-order valence-electron chi connectivity index (χ2n) is 9.61. The topological polar surface area (TPSA) is 87.4 Å². The number of fused-ring (bicyclic) bond motifs is 1. The standard InChI is InChI=1S/C24H41N7O.HI/c1-2-25-24(26-15-9-13-22-29-28-21-12-7-4-8-16-31(21)22)27-20-14-17-30(18-20)23(32)19-10-5-3-6-11-19;/h19-20H,2-18H2,1H3,(H2,25,26,27);1H. The van der Waals surface area contributed by atoms with Gasteiger partial charge in [0.15, 0.2) is 5.96 Å². The number of halogens is 1. The number of rotatable bonds is 7. The van der Waals surface area contributed by atoms with Crippen molar-refractivity contribution in [3.8, 4) is 0 Å². The first-order valence-electron chi connectivity index (χ1n) is 13.0. The molecule has 0 spiro atoms. The molecule has 1 aromatic heterocycles. The van der Waals surface area contributed by atoms with Gasteiger partial charge in [-0.3, -0.25) is 9.79 Å². The molecule has 1 unspecified atom stereocenters. The highest BCUT2D eigenvalue weighted by molar-refractivity contribution is 14.0. The third-order valence-corrected chi connectivity index (χ3v) is 7.15. The zero-order chi connectivity index (χ0) is 22.2. The van der Waals surface area contributed by atoms with Gasteiger partial charge in [0.25, 0.3) is 0 Å². The zero-order valence-electron chi connectivity index (χ0n) is 20.2. The molecule has 0 aromatic carbocycles. The largest absolute Gasteiger partial charge is 0.357 e. The number of amides is 1. The van der Waals surface area contributed by atoms with Crippen molar-refractivity contribution in [2.75, 3.05) is 26.2 Å². The number of nitrogens with one attached hydrogen (secondary N) is 2. The van der Waals surface area contributed by atoms with E-state index in [1.165, 1.54) is 38.5 Å². The first kappa shape index (κ1) is 26.2. The van der Waals surface area contributed by atoms with Gasteiger partial charge in [0, 0.05) is 57.5 Å². The molecule has 1 aromatic rings. The molecule has 33 heavy (non-hydrogen) atoms. The highest BCUT2D eigenvalue weighted by Gasteiger charge is 2.31. The maximum Gasteiger partial charge on any atom is 0.225 e. The van der Waals surface area contributed by atoms with Gasteiger partial charge >= 0.3 is 0 Å². The SMILES string of the molecule is CCNC(=NCCCc1nnc2n1CCCCC2)NC1CCN(C(=O)C2CCCCC2)C1.I. The maximum atomic E-state index is 12.8. The van der Waals surface area contributed by atoms with Crippen LogP contribution in [0.5, 0.6) is 0 Å². The van der Waals surface area contributed by atoms with Gasteiger partial charge in [-0.2, -0.15) is 0 Å². The number of aryl methyl sites for hydroxylation is 2. The van der Waals surface area contributed by atoms with Gasteiger partial charge in [0.05, 0.1) is 0 Å². The van der Waals surface area contributed by atoms with Crippen LogP contribution in [0.25, 0.3) is 0 Å². The Labute approximate surface area is 215 Å². The lowest BCUT2D eigenvalue weighted by atomic mass is 9.88. The van der Waals surface area contributed by atoms with E-state index in [4.69, 9.17) is 4.99 Å². The Morgan fingerprint density at radius 3 is 2.70 bits per heavy atom.